The Labute approximate surface area is 105 Å². The minimum absolute atomic E-state index is 0.00856. The predicted octanol–water partition coefficient (Wildman–Crippen LogP) is 3.12. The number of benzene rings is 1. The van der Waals surface area contributed by atoms with Crippen LogP contribution in [0.4, 0.5) is 0 Å². The highest BCUT2D eigenvalue weighted by Crippen LogP contribution is 2.31. The summed E-state index contributed by atoms with van der Waals surface area (Å²) in [5.74, 6) is 1.39. The summed E-state index contributed by atoms with van der Waals surface area (Å²) in [5, 5.41) is 8.59. The molecule has 0 unspecified atom stereocenters. The molecule has 0 radical (unpaired) electrons. The van der Waals surface area contributed by atoms with Crippen molar-refractivity contribution in [2.75, 3.05) is 13.2 Å². The van der Waals surface area contributed by atoms with Crippen molar-refractivity contribution in [1.82, 2.24) is 0 Å². The van der Waals surface area contributed by atoms with Crippen LogP contribution in [0.15, 0.2) is 18.2 Å². The van der Waals surface area contributed by atoms with Gasteiger partial charge in [0.05, 0.1) is 6.61 Å². The molecule has 0 aliphatic carbocycles. The smallest absolute Gasteiger partial charge is 0.192 e. The fraction of sp³-hybridized carbons (Fsp3) is 0.455. The molecule has 1 rings (SSSR count). The molecule has 1 aromatic carbocycles. The summed E-state index contributed by atoms with van der Waals surface area (Å²) < 4.78 is 10.4. The lowest BCUT2D eigenvalue weighted by molar-refractivity contribution is 0.199. The van der Waals surface area contributed by atoms with Crippen LogP contribution >= 0.6 is 23.0 Å². The minimum atomic E-state index is 0.00856. The van der Waals surface area contributed by atoms with Crippen molar-refractivity contribution in [2.24, 2.45) is 0 Å². The molecule has 86 valence electrons. The molecule has 1 N–H and O–H groups in total. The van der Waals surface area contributed by atoms with Crippen LogP contribution in [0.1, 0.15) is 19.4 Å². The van der Waals surface area contributed by atoms with Gasteiger partial charge in [0.1, 0.15) is 6.61 Å². The second-order valence-electron chi connectivity index (χ2n) is 2.55. The third-order valence-corrected chi connectivity index (χ3v) is 2.04. The number of para-hydroxylation sites is 1. The fourth-order valence-electron chi connectivity index (χ4n) is 0.994. The van der Waals surface area contributed by atoms with E-state index in [0.717, 1.165) is 11.3 Å². The fourth-order valence-corrected chi connectivity index (χ4v) is 1.56. The van der Waals surface area contributed by atoms with Crippen molar-refractivity contribution in [3.8, 4) is 11.5 Å². The zero-order chi connectivity index (χ0) is 11.7. The second kappa shape index (κ2) is 8.79. The maximum Gasteiger partial charge on any atom is 0.192 e. The molecule has 0 saturated heterocycles. The average Bonchev–Trinajstić information content (AvgIpc) is 2.29. The highest BCUT2D eigenvalue weighted by atomic mass is 127. The van der Waals surface area contributed by atoms with E-state index in [1.807, 2.05) is 62.0 Å². The molecule has 0 fully saturated rings. The van der Waals surface area contributed by atoms with Gasteiger partial charge in [-0.1, -0.05) is 26.0 Å². The van der Waals surface area contributed by atoms with E-state index >= 15 is 0 Å². The van der Waals surface area contributed by atoms with Gasteiger partial charge in [-0.3, -0.25) is 0 Å². The van der Waals surface area contributed by atoms with Crippen LogP contribution in [0.3, 0.4) is 0 Å². The van der Waals surface area contributed by atoms with Crippen LogP contribution in [0.2, 0.25) is 0 Å². The molecule has 3 nitrogen and oxygen atoms in total. The monoisotopic (exact) mass is 324 g/mol. The van der Waals surface area contributed by atoms with Crippen LogP contribution in [-0.4, -0.2) is 18.3 Å². The summed E-state index contributed by atoms with van der Waals surface area (Å²) in [5.41, 5.74) is 1.02. The number of aliphatic hydroxyl groups excluding tert-OH is 1. The Kier molecular flexibility index (Phi) is 8.50. The number of aryl methyl sites for hydroxylation is 1. The molecular weight excluding hydrogens is 307 g/mol. The molecule has 0 aliphatic rings. The van der Waals surface area contributed by atoms with Crippen molar-refractivity contribution in [2.45, 2.75) is 20.8 Å². The predicted molar refractivity (Wildman–Crippen MR) is 69.8 cm³/mol. The number of hydrogen-bond acceptors (Lipinski definition) is 3. The van der Waals surface area contributed by atoms with E-state index in [1.54, 1.807) is 0 Å². The molecule has 0 aromatic heterocycles. The minimum Gasteiger partial charge on any atom is -0.487 e. The molecular formula is C11H17IO3. The number of rotatable bonds is 4. The molecule has 0 aliphatic heterocycles. The Bertz CT molecular complexity index is 277. The van der Waals surface area contributed by atoms with Gasteiger partial charge < -0.3 is 12.9 Å². The number of ether oxygens (including phenoxy) is 1. The topological polar surface area (TPSA) is 38.7 Å². The van der Waals surface area contributed by atoms with Crippen molar-refractivity contribution >= 4 is 23.0 Å². The van der Waals surface area contributed by atoms with E-state index < -0.39 is 0 Å². The summed E-state index contributed by atoms with van der Waals surface area (Å²) in [6, 6.07) is 5.65. The first kappa shape index (κ1) is 14.5. The van der Waals surface area contributed by atoms with Gasteiger partial charge >= 0.3 is 0 Å². The maximum atomic E-state index is 8.59. The van der Waals surface area contributed by atoms with Gasteiger partial charge in [0.25, 0.3) is 0 Å². The van der Waals surface area contributed by atoms with Crippen LogP contribution < -0.4 is 7.80 Å². The van der Waals surface area contributed by atoms with Crippen molar-refractivity contribution in [3.63, 3.8) is 0 Å². The molecule has 0 atom stereocenters. The van der Waals surface area contributed by atoms with Crippen LogP contribution in [0.5, 0.6) is 11.5 Å². The normalized spacial score (nSPS) is 8.87. The van der Waals surface area contributed by atoms with Crippen LogP contribution in [-0.2, 0) is 0 Å². The van der Waals surface area contributed by atoms with E-state index in [0.29, 0.717) is 5.75 Å². The lowest BCUT2D eigenvalue weighted by atomic mass is 10.2. The molecule has 1 aromatic rings. The van der Waals surface area contributed by atoms with Gasteiger partial charge in [-0.05, 0) is 18.6 Å². The average molecular weight is 324 g/mol. The maximum absolute atomic E-state index is 8.59. The number of halogens is 1. The Morgan fingerprint density at radius 3 is 2.53 bits per heavy atom. The van der Waals surface area contributed by atoms with Gasteiger partial charge in [0.15, 0.2) is 34.5 Å². The van der Waals surface area contributed by atoms with Gasteiger partial charge in [-0.2, -0.15) is 0 Å². The Hall–Kier alpha value is -0.490. The van der Waals surface area contributed by atoms with Crippen molar-refractivity contribution < 1.29 is 12.9 Å². The van der Waals surface area contributed by atoms with E-state index in [4.69, 9.17) is 12.9 Å². The van der Waals surface area contributed by atoms with E-state index in [9.17, 15) is 0 Å². The summed E-state index contributed by atoms with van der Waals surface area (Å²) in [6.45, 7) is 6.24. The lowest BCUT2D eigenvalue weighted by Crippen LogP contribution is -2.02. The third kappa shape index (κ3) is 4.70. The van der Waals surface area contributed by atoms with E-state index in [2.05, 4.69) is 0 Å². The van der Waals surface area contributed by atoms with Gasteiger partial charge in [-0.15, -0.1) is 0 Å². The lowest BCUT2D eigenvalue weighted by Gasteiger charge is -2.09. The SMILES string of the molecule is CC.Cc1cccc(OCCO)c1OI. The van der Waals surface area contributed by atoms with Gasteiger partial charge in [-0.25, -0.2) is 0 Å². The highest BCUT2D eigenvalue weighted by molar-refractivity contribution is 14.1. The first-order valence-corrected chi connectivity index (χ1v) is 5.79. The molecule has 0 heterocycles. The molecule has 15 heavy (non-hydrogen) atoms. The van der Waals surface area contributed by atoms with Crippen molar-refractivity contribution in [3.05, 3.63) is 23.8 Å². The third-order valence-electron chi connectivity index (χ3n) is 1.60. The molecule has 0 bridgehead atoms. The Morgan fingerprint density at radius 1 is 1.33 bits per heavy atom. The number of hydrogen-bond donors (Lipinski definition) is 1. The number of aliphatic hydroxyl groups is 1. The molecule has 0 saturated carbocycles. The largest absolute Gasteiger partial charge is 0.487 e. The standard InChI is InChI=1S/C9H11IO3.C2H6/c1-7-3-2-4-8(9(7)13-10)12-6-5-11;1-2/h2-4,11H,5-6H2,1H3;1-2H3. The molecule has 0 spiro atoms. The highest BCUT2D eigenvalue weighted by Gasteiger charge is 2.06. The van der Waals surface area contributed by atoms with E-state index in [1.165, 1.54) is 0 Å². The summed E-state index contributed by atoms with van der Waals surface area (Å²) in [6.07, 6.45) is 0. The summed E-state index contributed by atoms with van der Waals surface area (Å²) in [4.78, 5) is 0. The van der Waals surface area contributed by atoms with Crippen LogP contribution in [0.25, 0.3) is 0 Å². The molecule has 4 heteroatoms. The van der Waals surface area contributed by atoms with Crippen molar-refractivity contribution in [1.29, 1.82) is 0 Å². The first-order valence-electron chi connectivity index (χ1n) is 4.91. The first-order chi connectivity index (χ1) is 7.29. The summed E-state index contributed by atoms with van der Waals surface area (Å²) in [7, 11) is 0. The second-order valence-corrected chi connectivity index (χ2v) is 2.99. The van der Waals surface area contributed by atoms with E-state index in [-0.39, 0.29) is 13.2 Å². The van der Waals surface area contributed by atoms with Gasteiger partial charge in [0, 0.05) is 0 Å². The van der Waals surface area contributed by atoms with Gasteiger partial charge in [0.2, 0.25) is 0 Å². The Morgan fingerprint density at radius 2 is 2.00 bits per heavy atom. The molecule has 0 amide bonds. The summed E-state index contributed by atoms with van der Waals surface area (Å²) >= 11 is 1.81. The zero-order valence-corrected chi connectivity index (χ0v) is 11.4. The zero-order valence-electron chi connectivity index (χ0n) is 9.29. The quantitative estimate of drug-likeness (QED) is 0.865. The van der Waals surface area contributed by atoms with Crippen LogP contribution in [0, 0.1) is 6.92 Å². The Balaban J connectivity index is 0.000000921.